The molecular weight excluding hydrogens is 162 g/mol. The van der Waals surface area contributed by atoms with Crippen LogP contribution in [0.25, 0.3) is 0 Å². The molecule has 13 heavy (non-hydrogen) atoms. The van der Waals surface area contributed by atoms with Gasteiger partial charge in [-0.25, -0.2) is 0 Å². The zero-order chi connectivity index (χ0) is 9.52. The first kappa shape index (κ1) is 9.96. The van der Waals surface area contributed by atoms with E-state index in [-0.39, 0.29) is 12.6 Å². The highest BCUT2D eigenvalue weighted by molar-refractivity contribution is 5.17. The monoisotopic (exact) mass is 177 g/mol. The Bertz CT molecular complexity index is 256. The van der Waals surface area contributed by atoms with E-state index in [1.165, 1.54) is 5.56 Å². The van der Waals surface area contributed by atoms with E-state index in [1.54, 1.807) is 6.08 Å². The van der Waals surface area contributed by atoms with Gasteiger partial charge in [0.25, 0.3) is 0 Å². The van der Waals surface area contributed by atoms with Crippen molar-refractivity contribution in [3.63, 3.8) is 0 Å². The van der Waals surface area contributed by atoms with E-state index in [0.717, 1.165) is 6.42 Å². The third kappa shape index (κ3) is 3.87. The van der Waals surface area contributed by atoms with Gasteiger partial charge in [0.15, 0.2) is 0 Å². The maximum Gasteiger partial charge on any atom is 0.0612 e. The maximum absolute atomic E-state index is 8.54. The van der Waals surface area contributed by atoms with Gasteiger partial charge in [-0.2, -0.15) is 0 Å². The Morgan fingerprint density at radius 1 is 1.31 bits per heavy atom. The Morgan fingerprint density at radius 2 is 2.00 bits per heavy atom. The van der Waals surface area contributed by atoms with Gasteiger partial charge in [-0.15, -0.1) is 0 Å². The van der Waals surface area contributed by atoms with E-state index in [4.69, 9.17) is 10.8 Å². The third-order valence-electron chi connectivity index (χ3n) is 1.80. The summed E-state index contributed by atoms with van der Waals surface area (Å²) in [6, 6.07) is 10.1. The van der Waals surface area contributed by atoms with Gasteiger partial charge in [0.1, 0.15) is 0 Å². The number of aliphatic hydroxyl groups is 1. The summed E-state index contributed by atoms with van der Waals surface area (Å²) in [5, 5.41) is 8.54. The van der Waals surface area contributed by atoms with E-state index in [0.29, 0.717) is 0 Å². The Labute approximate surface area is 78.7 Å². The van der Waals surface area contributed by atoms with Gasteiger partial charge < -0.3 is 10.8 Å². The number of aliphatic hydroxyl groups excluding tert-OH is 1. The van der Waals surface area contributed by atoms with Crippen LogP contribution in [0.4, 0.5) is 0 Å². The van der Waals surface area contributed by atoms with Crippen LogP contribution in [0.1, 0.15) is 5.56 Å². The average molecular weight is 177 g/mol. The zero-order valence-corrected chi connectivity index (χ0v) is 7.56. The first-order valence-electron chi connectivity index (χ1n) is 4.40. The number of hydrogen-bond donors (Lipinski definition) is 2. The molecule has 0 heterocycles. The normalized spacial score (nSPS) is 13.4. The van der Waals surface area contributed by atoms with Gasteiger partial charge in [-0.1, -0.05) is 42.5 Å². The molecule has 1 aromatic rings. The molecule has 1 rings (SSSR count). The molecular formula is C11H15NO. The second kappa shape index (κ2) is 5.51. The Kier molecular flexibility index (Phi) is 4.23. The van der Waals surface area contributed by atoms with Gasteiger partial charge in [0, 0.05) is 6.04 Å². The molecule has 1 aromatic carbocycles. The molecule has 0 saturated heterocycles. The summed E-state index contributed by atoms with van der Waals surface area (Å²) >= 11 is 0. The summed E-state index contributed by atoms with van der Waals surface area (Å²) in [4.78, 5) is 0. The number of benzene rings is 1. The standard InChI is InChI=1S/C11H15NO/c12-11(7-4-8-13)9-10-5-2-1-3-6-10/h1-7,11,13H,8-9,12H2/b7-4+/t11-/m0/s1. The molecule has 1 atom stereocenters. The van der Waals surface area contributed by atoms with Gasteiger partial charge in [0.2, 0.25) is 0 Å². The van der Waals surface area contributed by atoms with Crippen molar-refractivity contribution in [2.75, 3.05) is 6.61 Å². The summed E-state index contributed by atoms with van der Waals surface area (Å²) in [6.07, 6.45) is 4.32. The van der Waals surface area contributed by atoms with E-state index >= 15 is 0 Å². The predicted octanol–water partition coefficient (Wildman–Crippen LogP) is 1.10. The molecule has 0 unspecified atom stereocenters. The van der Waals surface area contributed by atoms with Crippen molar-refractivity contribution >= 4 is 0 Å². The van der Waals surface area contributed by atoms with Crippen LogP contribution in [0, 0.1) is 0 Å². The molecule has 2 nitrogen and oxygen atoms in total. The first-order chi connectivity index (χ1) is 6.33. The van der Waals surface area contributed by atoms with Gasteiger partial charge >= 0.3 is 0 Å². The maximum atomic E-state index is 8.54. The fraction of sp³-hybridized carbons (Fsp3) is 0.273. The highest BCUT2D eigenvalue weighted by Crippen LogP contribution is 2.02. The minimum atomic E-state index is -0.00505. The molecule has 3 N–H and O–H groups in total. The Balaban J connectivity index is 2.45. The SMILES string of the molecule is N[C@@H](/C=C/CO)Cc1ccccc1. The van der Waals surface area contributed by atoms with Crippen LogP contribution in [0.5, 0.6) is 0 Å². The molecule has 0 saturated carbocycles. The van der Waals surface area contributed by atoms with E-state index in [2.05, 4.69) is 0 Å². The minimum absolute atomic E-state index is 0.00505. The molecule has 2 heteroatoms. The number of rotatable bonds is 4. The van der Waals surface area contributed by atoms with Crippen molar-refractivity contribution in [1.82, 2.24) is 0 Å². The van der Waals surface area contributed by atoms with Crippen LogP contribution in [-0.4, -0.2) is 17.8 Å². The lowest BCUT2D eigenvalue weighted by molar-refractivity contribution is 0.342. The summed E-state index contributed by atoms with van der Waals surface area (Å²) in [5.41, 5.74) is 7.01. The van der Waals surface area contributed by atoms with E-state index < -0.39 is 0 Å². The fourth-order valence-corrected chi connectivity index (χ4v) is 1.19. The second-order valence-electron chi connectivity index (χ2n) is 2.96. The molecule has 0 aliphatic carbocycles. The number of hydrogen-bond acceptors (Lipinski definition) is 2. The van der Waals surface area contributed by atoms with Crippen LogP contribution in [0.15, 0.2) is 42.5 Å². The lowest BCUT2D eigenvalue weighted by Crippen LogP contribution is -2.19. The molecule has 0 fully saturated rings. The third-order valence-corrected chi connectivity index (χ3v) is 1.80. The summed E-state index contributed by atoms with van der Waals surface area (Å²) in [7, 11) is 0. The first-order valence-corrected chi connectivity index (χ1v) is 4.40. The quantitative estimate of drug-likeness (QED) is 0.677. The highest BCUT2D eigenvalue weighted by Gasteiger charge is 1.97. The predicted molar refractivity (Wildman–Crippen MR) is 54.3 cm³/mol. The van der Waals surface area contributed by atoms with Crippen LogP contribution in [0.2, 0.25) is 0 Å². The Hall–Kier alpha value is -1.12. The van der Waals surface area contributed by atoms with Gasteiger partial charge in [0.05, 0.1) is 6.61 Å². The van der Waals surface area contributed by atoms with Crippen molar-refractivity contribution in [3.05, 3.63) is 48.0 Å². The van der Waals surface area contributed by atoms with Crippen molar-refractivity contribution in [3.8, 4) is 0 Å². The van der Waals surface area contributed by atoms with Crippen molar-refractivity contribution in [2.45, 2.75) is 12.5 Å². The molecule has 0 bridgehead atoms. The van der Waals surface area contributed by atoms with Gasteiger partial charge in [-0.3, -0.25) is 0 Å². The van der Waals surface area contributed by atoms with Crippen LogP contribution >= 0.6 is 0 Å². The van der Waals surface area contributed by atoms with Crippen LogP contribution in [0.3, 0.4) is 0 Å². The van der Waals surface area contributed by atoms with Gasteiger partial charge in [-0.05, 0) is 12.0 Å². The zero-order valence-electron chi connectivity index (χ0n) is 7.56. The van der Waals surface area contributed by atoms with Crippen molar-refractivity contribution in [1.29, 1.82) is 0 Å². The van der Waals surface area contributed by atoms with Crippen LogP contribution < -0.4 is 5.73 Å². The molecule has 0 amide bonds. The largest absolute Gasteiger partial charge is 0.392 e. The second-order valence-corrected chi connectivity index (χ2v) is 2.96. The van der Waals surface area contributed by atoms with Crippen molar-refractivity contribution < 1.29 is 5.11 Å². The average Bonchev–Trinajstić information content (AvgIpc) is 2.16. The molecule has 0 radical (unpaired) electrons. The summed E-state index contributed by atoms with van der Waals surface area (Å²) < 4.78 is 0. The lowest BCUT2D eigenvalue weighted by Gasteiger charge is -2.05. The molecule has 0 aliphatic heterocycles. The van der Waals surface area contributed by atoms with Crippen LogP contribution in [-0.2, 0) is 6.42 Å². The van der Waals surface area contributed by atoms with E-state index in [1.807, 2.05) is 36.4 Å². The molecule has 0 aromatic heterocycles. The number of nitrogens with two attached hydrogens (primary N) is 1. The minimum Gasteiger partial charge on any atom is -0.392 e. The molecule has 70 valence electrons. The van der Waals surface area contributed by atoms with Crippen molar-refractivity contribution in [2.24, 2.45) is 5.73 Å². The Morgan fingerprint density at radius 3 is 2.62 bits per heavy atom. The lowest BCUT2D eigenvalue weighted by atomic mass is 10.1. The molecule has 0 spiro atoms. The molecule has 0 aliphatic rings. The topological polar surface area (TPSA) is 46.2 Å². The summed E-state index contributed by atoms with van der Waals surface area (Å²) in [6.45, 7) is 0.0580. The summed E-state index contributed by atoms with van der Waals surface area (Å²) in [5.74, 6) is 0. The smallest absolute Gasteiger partial charge is 0.0612 e. The fourth-order valence-electron chi connectivity index (χ4n) is 1.19. The highest BCUT2D eigenvalue weighted by atomic mass is 16.2. The van der Waals surface area contributed by atoms with E-state index in [9.17, 15) is 0 Å².